The van der Waals surface area contributed by atoms with E-state index in [1.165, 1.54) is 11.1 Å². The van der Waals surface area contributed by atoms with Crippen molar-refractivity contribution in [3.8, 4) is 0 Å². The molecule has 1 atom stereocenters. The van der Waals surface area contributed by atoms with Crippen LogP contribution in [0.25, 0.3) is 0 Å². The number of ether oxygens (including phenoxy) is 1. The van der Waals surface area contributed by atoms with Crippen LogP contribution in [0.2, 0.25) is 0 Å². The maximum absolute atomic E-state index is 12.4. The van der Waals surface area contributed by atoms with Crippen molar-refractivity contribution in [3.05, 3.63) is 35.4 Å². The minimum Gasteiger partial charge on any atom is -0.450 e. The van der Waals surface area contributed by atoms with Crippen molar-refractivity contribution in [2.24, 2.45) is 0 Å². The normalized spacial score (nSPS) is 20.5. The predicted molar refractivity (Wildman–Crippen MR) is 91.9 cm³/mol. The van der Waals surface area contributed by atoms with Crippen LogP contribution in [0.3, 0.4) is 0 Å². The first kappa shape index (κ1) is 16.8. The molecule has 1 fully saturated rings. The Morgan fingerprint density at radius 3 is 2.71 bits per heavy atom. The number of hydrogen-bond donors (Lipinski definition) is 1. The first-order valence-corrected chi connectivity index (χ1v) is 8.96. The summed E-state index contributed by atoms with van der Waals surface area (Å²) in [5.74, 6) is 0.479. The van der Waals surface area contributed by atoms with Gasteiger partial charge in [0.1, 0.15) is 0 Å². The molecule has 0 bridgehead atoms. The van der Waals surface area contributed by atoms with E-state index in [2.05, 4.69) is 29.6 Å². The molecule has 2 amide bonds. The average Bonchev–Trinajstić information content (AvgIpc) is 2.99. The first-order valence-electron chi connectivity index (χ1n) is 8.96. The van der Waals surface area contributed by atoms with Crippen molar-refractivity contribution in [2.45, 2.75) is 51.0 Å². The van der Waals surface area contributed by atoms with Crippen LogP contribution in [-0.2, 0) is 16.0 Å². The lowest BCUT2D eigenvalue weighted by Crippen LogP contribution is -2.46. The Kier molecular flexibility index (Phi) is 5.38. The fraction of sp³-hybridized carbons (Fsp3) is 0.579. The third kappa shape index (κ3) is 3.89. The Bertz CT molecular complexity index is 594. The second-order valence-corrected chi connectivity index (χ2v) is 6.67. The summed E-state index contributed by atoms with van der Waals surface area (Å²) in [6.07, 6.45) is 4.05. The Balaban J connectivity index is 1.45. The van der Waals surface area contributed by atoms with Gasteiger partial charge in [0.05, 0.1) is 6.61 Å². The Morgan fingerprint density at radius 2 is 1.96 bits per heavy atom. The zero-order chi connectivity index (χ0) is 16.9. The number of nitrogens with zero attached hydrogens (tertiary/aromatic N) is 1. The van der Waals surface area contributed by atoms with Crippen LogP contribution in [0.4, 0.5) is 4.79 Å². The summed E-state index contributed by atoms with van der Waals surface area (Å²) < 4.78 is 5.02. The standard InChI is InChI=1S/C19H26N2O3/c1-2-24-19(23)21-11-9-16(10-12-21)20-18(22)13-15-8-7-14-5-3-4-6-17(14)15/h3-6,15-16H,2,7-13H2,1H3,(H,20,22). The molecule has 24 heavy (non-hydrogen) atoms. The van der Waals surface area contributed by atoms with Crippen molar-refractivity contribution in [1.29, 1.82) is 0 Å². The van der Waals surface area contributed by atoms with E-state index in [0.717, 1.165) is 25.7 Å². The van der Waals surface area contributed by atoms with Gasteiger partial charge in [-0.05, 0) is 49.7 Å². The van der Waals surface area contributed by atoms with Crippen LogP contribution in [0, 0.1) is 0 Å². The van der Waals surface area contributed by atoms with Crippen molar-refractivity contribution < 1.29 is 14.3 Å². The van der Waals surface area contributed by atoms with E-state index in [1.807, 2.05) is 6.92 Å². The highest BCUT2D eigenvalue weighted by molar-refractivity contribution is 5.77. The summed E-state index contributed by atoms with van der Waals surface area (Å²) in [6.45, 7) is 3.51. The summed E-state index contributed by atoms with van der Waals surface area (Å²) in [4.78, 5) is 25.8. The molecule has 1 N–H and O–H groups in total. The maximum Gasteiger partial charge on any atom is 0.409 e. The topological polar surface area (TPSA) is 58.6 Å². The summed E-state index contributed by atoms with van der Waals surface area (Å²) in [5, 5.41) is 3.15. The van der Waals surface area contributed by atoms with Gasteiger partial charge in [-0.3, -0.25) is 4.79 Å². The number of fused-ring (bicyclic) bond motifs is 1. The van der Waals surface area contributed by atoms with Gasteiger partial charge in [0.25, 0.3) is 0 Å². The number of benzene rings is 1. The molecule has 0 saturated carbocycles. The van der Waals surface area contributed by atoms with Crippen LogP contribution >= 0.6 is 0 Å². The molecule has 1 unspecified atom stereocenters. The quantitative estimate of drug-likeness (QED) is 0.923. The van der Waals surface area contributed by atoms with E-state index in [-0.39, 0.29) is 18.0 Å². The minimum absolute atomic E-state index is 0.131. The number of likely N-dealkylation sites (tertiary alicyclic amines) is 1. The summed E-state index contributed by atoms with van der Waals surface area (Å²) in [7, 11) is 0. The van der Waals surface area contributed by atoms with Crippen molar-refractivity contribution in [3.63, 3.8) is 0 Å². The highest BCUT2D eigenvalue weighted by atomic mass is 16.6. The molecule has 5 nitrogen and oxygen atoms in total. The van der Waals surface area contributed by atoms with Crippen LogP contribution in [0.5, 0.6) is 0 Å². The predicted octanol–water partition coefficient (Wildman–Crippen LogP) is 2.84. The molecule has 1 aromatic carbocycles. The third-order valence-corrected chi connectivity index (χ3v) is 5.07. The SMILES string of the molecule is CCOC(=O)N1CCC(NC(=O)CC2CCc3ccccc32)CC1. The largest absolute Gasteiger partial charge is 0.450 e. The number of aryl methyl sites for hydroxylation is 1. The summed E-state index contributed by atoms with van der Waals surface area (Å²) in [6, 6.07) is 8.61. The summed E-state index contributed by atoms with van der Waals surface area (Å²) >= 11 is 0. The molecule has 1 aliphatic carbocycles. The number of carbonyl (C=O) groups excluding carboxylic acids is 2. The third-order valence-electron chi connectivity index (χ3n) is 5.07. The van der Waals surface area contributed by atoms with E-state index < -0.39 is 0 Å². The van der Waals surface area contributed by atoms with Crippen LogP contribution < -0.4 is 5.32 Å². The molecule has 5 heteroatoms. The van der Waals surface area contributed by atoms with E-state index in [0.29, 0.717) is 32.0 Å². The number of nitrogens with one attached hydrogen (secondary N) is 1. The highest BCUT2D eigenvalue weighted by Gasteiger charge is 2.27. The fourth-order valence-corrected chi connectivity index (χ4v) is 3.79. The molecule has 2 aliphatic rings. The average molecular weight is 330 g/mol. The summed E-state index contributed by atoms with van der Waals surface area (Å²) in [5.41, 5.74) is 2.72. The van der Waals surface area contributed by atoms with Crippen LogP contribution in [0.15, 0.2) is 24.3 Å². The number of hydrogen-bond acceptors (Lipinski definition) is 3. The molecular weight excluding hydrogens is 304 g/mol. The fourth-order valence-electron chi connectivity index (χ4n) is 3.79. The molecular formula is C19H26N2O3. The zero-order valence-corrected chi connectivity index (χ0v) is 14.3. The van der Waals surface area contributed by atoms with Gasteiger partial charge in [-0.15, -0.1) is 0 Å². The molecule has 1 aromatic rings. The molecule has 1 heterocycles. The number of piperidine rings is 1. The zero-order valence-electron chi connectivity index (χ0n) is 14.3. The number of carbonyl (C=O) groups is 2. The molecule has 130 valence electrons. The first-order chi connectivity index (χ1) is 11.7. The number of amides is 2. The maximum atomic E-state index is 12.4. The van der Waals surface area contributed by atoms with Crippen molar-refractivity contribution in [1.82, 2.24) is 10.2 Å². The molecule has 0 radical (unpaired) electrons. The Hall–Kier alpha value is -2.04. The second kappa shape index (κ2) is 7.69. The minimum atomic E-state index is -0.246. The Morgan fingerprint density at radius 1 is 1.21 bits per heavy atom. The van der Waals surface area contributed by atoms with Gasteiger partial charge in [-0.25, -0.2) is 4.79 Å². The van der Waals surface area contributed by atoms with Gasteiger partial charge in [0, 0.05) is 25.6 Å². The van der Waals surface area contributed by atoms with Gasteiger partial charge >= 0.3 is 6.09 Å². The van der Waals surface area contributed by atoms with Gasteiger partial charge in [-0.1, -0.05) is 24.3 Å². The van der Waals surface area contributed by atoms with Gasteiger partial charge in [-0.2, -0.15) is 0 Å². The molecule has 1 aliphatic heterocycles. The highest BCUT2D eigenvalue weighted by Crippen LogP contribution is 2.35. The molecule has 1 saturated heterocycles. The second-order valence-electron chi connectivity index (χ2n) is 6.67. The van der Waals surface area contributed by atoms with E-state index in [9.17, 15) is 9.59 Å². The van der Waals surface area contributed by atoms with Gasteiger partial charge in [0.15, 0.2) is 0 Å². The monoisotopic (exact) mass is 330 g/mol. The smallest absolute Gasteiger partial charge is 0.409 e. The van der Waals surface area contributed by atoms with Crippen LogP contribution in [0.1, 0.15) is 49.7 Å². The van der Waals surface area contributed by atoms with E-state index >= 15 is 0 Å². The molecule has 0 spiro atoms. The molecule has 0 aromatic heterocycles. The van der Waals surface area contributed by atoms with Gasteiger partial charge in [0.2, 0.25) is 5.91 Å². The lowest BCUT2D eigenvalue weighted by Gasteiger charge is -2.31. The van der Waals surface area contributed by atoms with Crippen molar-refractivity contribution in [2.75, 3.05) is 19.7 Å². The Labute approximate surface area is 143 Å². The van der Waals surface area contributed by atoms with E-state index in [1.54, 1.807) is 4.90 Å². The van der Waals surface area contributed by atoms with Crippen molar-refractivity contribution >= 4 is 12.0 Å². The van der Waals surface area contributed by atoms with Gasteiger partial charge < -0.3 is 15.0 Å². The molecule has 3 rings (SSSR count). The lowest BCUT2D eigenvalue weighted by molar-refractivity contribution is -0.122. The van der Waals surface area contributed by atoms with Crippen LogP contribution in [-0.4, -0.2) is 42.6 Å². The van der Waals surface area contributed by atoms with E-state index in [4.69, 9.17) is 4.74 Å². The number of rotatable bonds is 4. The lowest BCUT2D eigenvalue weighted by atomic mass is 9.97.